The van der Waals surface area contributed by atoms with Crippen molar-refractivity contribution in [1.82, 2.24) is 5.16 Å². The zero-order valence-electron chi connectivity index (χ0n) is 18.9. The molecule has 1 atom stereocenters. The predicted octanol–water partition coefficient (Wildman–Crippen LogP) is 5.04. The molecular weight excluding hydrogens is 594 g/mol. The van der Waals surface area contributed by atoms with Gasteiger partial charge in [0.1, 0.15) is 5.76 Å². The Kier molecular flexibility index (Phi) is 16.6. The molecule has 1 aromatic heterocycles. The van der Waals surface area contributed by atoms with Gasteiger partial charge in [0.05, 0.1) is 19.2 Å². The summed E-state index contributed by atoms with van der Waals surface area (Å²) >= 11 is 0. The van der Waals surface area contributed by atoms with E-state index in [1.165, 1.54) is 7.11 Å². The molecule has 0 aliphatic heterocycles. The van der Waals surface area contributed by atoms with Gasteiger partial charge < -0.3 is 14.2 Å². The number of benzene rings is 1. The summed E-state index contributed by atoms with van der Waals surface area (Å²) in [7, 11) is 3.05. The van der Waals surface area contributed by atoms with E-state index in [0.29, 0.717) is 11.5 Å². The quantitative estimate of drug-likeness (QED) is 0.420. The second kappa shape index (κ2) is 16.2. The van der Waals surface area contributed by atoms with Crippen LogP contribution in [-0.2, 0) is 14.3 Å². The number of ether oxygens (including phenoxy) is 1. The van der Waals surface area contributed by atoms with Crippen molar-refractivity contribution < 1.29 is 50.0 Å². The Morgan fingerprint density at radius 1 is 1.07 bits per heavy atom. The van der Waals surface area contributed by atoms with Crippen LogP contribution in [0.2, 0.25) is 0 Å². The SMILES string of the molecule is CC.CC.COC(=O)C[C@@H](CC(=O)N(C)c1ccccc1)c1noc(C)c1C.[U]. The first kappa shape index (κ1) is 29.6. The molecule has 0 aliphatic rings. The fourth-order valence-corrected chi connectivity index (χ4v) is 2.51. The third-order valence-corrected chi connectivity index (χ3v) is 4.16. The van der Waals surface area contributed by atoms with Crippen molar-refractivity contribution in [3.8, 4) is 0 Å². The number of nitrogens with zero attached hydrogens (tertiary/aromatic N) is 2. The molecule has 0 saturated heterocycles. The molecule has 1 amide bonds. The molecule has 1 heterocycles. The second-order valence-electron chi connectivity index (χ2n) is 5.72. The maximum atomic E-state index is 12.6. The largest absolute Gasteiger partial charge is 0.469 e. The van der Waals surface area contributed by atoms with E-state index >= 15 is 0 Å². The Bertz CT molecular complexity index is 717. The van der Waals surface area contributed by atoms with Crippen LogP contribution in [0, 0.1) is 45.0 Å². The standard InChI is InChI=1S/C18H22N2O4.2C2H6.U/c1-12-13(2)24-19-18(12)14(11-17(22)23-4)10-16(21)20(3)15-8-6-5-7-9-15;2*1-2;/h5-9,14H,10-11H2,1-4H3;2*1-2H3;/t14-;;;/m1.../s1. The molecule has 0 fully saturated rings. The summed E-state index contributed by atoms with van der Waals surface area (Å²) in [6.45, 7) is 11.7. The average Bonchev–Trinajstić information content (AvgIpc) is 3.08. The summed E-state index contributed by atoms with van der Waals surface area (Å²) in [5, 5.41) is 4.03. The van der Waals surface area contributed by atoms with E-state index in [0.717, 1.165) is 11.3 Å². The number of hydrogen-bond donors (Lipinski definition) is 0. The van der Waals surface area contributed by atoms with Crippen LogP contribution in [-0.4, -0.2) is 31.2 Å². The number of amides is 1. The van der Waals surface area contributed by atoms with Gasteiger partial charge in [-0.3, -0.25) is 9.59 Å². The van der Waals surface area contributed by atoms with Crippen molar-refractivity contribution in [2.45, 2.75) is 60.3 Å². The zero-order chi connectivity index (χ0) is 21.7. The van der Waals surface area contributed by atoms with Gasteiger partial charge in [-0.1, -0.05) is 51.1 Å². The van der Waals surface area contributed by atoms with Gasteiger partial charge in [0, 0.05) is 61.8 Å². The van der Waals surface area contributed by atoms with Gasteiger partial charge in [0.2, 0.25) is 5.91 Å². The molecule has 7 heteroatoms. The number of aryl methyl sites for hydroxylation is 1. The smallest absolute Gasteiger partial charge is 0.306 e. The molecule has 0 N–H and O–H groups in total. The minimum absolute atomic E-state index is 0. The molecule has 29 heavy (non-hydrogen) atoms. The van der Waals surface area contributed by atoms with E-state index in [1.54, 1.807) is 18.9 Å². The maximum Gasteiger partial charge on any atom is 0.306 e. The molecular formula is C22H34N2O4U. The zero-order valence-corrected chi connectivity index (χ0v) is 23.1. The first-order valence-electron chi connectivity index (χ1n) is 9.75. The summed E-state index contributed by atoms with van der Waals surface area (Å²) < 4.78 is 9.94. The van der Waals surface area contributed by atoms with Crippen molar-refractivity contribution in [3.05, 3.63) is 47.3 Å². The van der Waals surface area contributed by atoms with Crippen LogP contribution in [0.4, 0.5) is 5.69 Å². The summed E-state index contributed by atoms with van der Waals surface area (Å²) in [5.74, 6) is -0.178. The first-order valence-corrected chi connectivity index (χ1v) is 9.75. The van der Waals surface area contributed by atoms with E-state index in [2.05, 4.69) is 5.16 Å². The van der Waals surface area contributed by atoms with Crippen molar-refractivity contribution in [3.63, 3.8) is 0 Å². The third-order valence-electron chi connectivity index (χ3n) is 4.16. The van der Waals surface area contributed by atoms with Crippen molar-refractivity contribution in [1.29, 1.82) is 0 Å². The van der Waals surface area contributed by atoms with Crippen LogP contribution in [0.5, 0.6) is 0 Å². The van der Waals surface area contributed by atoms with Crippen LogP contribution in [0.25, 0.3) is 0 Å². The van der Waals surface area contributed by atoms with Gasteiger partial charge in [-0.25, -0.2) is 0 Å². The number of carbonyl (C=O) groups is 2. The second-order valence-corrected chi connectivity index (χ2v) is 5.72. The monoisotopic (exact) mass is 628 g/mol. The van der Waals surface area contributed by atoms with E-state index in [1.807, 2.05) is 65.0 Å². The van der Waals surface area contributed by atoms with Crippen LogP contribution in [0.15, 0.2) is 34.9 Å². The number of aromatic nitrogens is 1. The van der Waals surface area contributed by atoms with Gasteiger partial charge in [-0.2, -0.15) is 0 Å². The molecule has 2 aromatic rings. The van der Waals surface area contributed by atoms with Crippen LogP contribution < -0.4 is 4.90 Å². The molecule has 0 bridgehead atoms. The summed E-state index contributed by atoms with van der Waals surface area (Å²) in [4.78, 5) is 25.9. The number of methoxy groups -OCH3 is 1. The molecule has 0 spiro atoms. The Hall–Kier alpha value is -1.58. The van der Waals surface area contributed by atoms with Crippen LogP contribution >= 0.6 is 0 Å². The molecule has 6 nitrogen and oxygen atoms in total. The first-order chi connectivity index (χ1) is 13.4. The van der Waals surface area contributed by atoms with Gasteiger partial charge in [0.25, 0.3) is 0 Å². The minimum atomic E-state index is -0.381. The number of hydrogen-bond acceptors (Lipinski definition) is 5. The van der Waals surface area contributed by atoms with Gasteiger partial charge >= 0.3 is 5.97 Å². The normalized spacial score (nSPS) is 10.2. The number of para-hydroxylation sites is 1. The Morgan fingerprint density at radius 3 is 2.07 bits per heavy atom. The average molecular weight is 629 g/mol. The molecule has 0 aliphatic carbocycles. The summed E-state index contributed by atoms with van der Waals surface area (Å²) in [5.41, 5.74) is 2.29. The predicted molar refractivity (Wildman–Crippen MR) is 113 cm³/mol. The number of anilines is 1. The minimum Gasteiger partial charge on any atom is -0.469 e. The van der Waals surface area contributed by atoms with E-state index in [4.69, 9.17) is 9.26 Å². The van der Waals surface area contributed by atoms with Crippen molar-refractivity contribution in [2.24, 2.45) is 0 Å². The maximum absolute atomic E-state index is 12.6. The van der Waals surface area contributed by atoms with Crippen LogP contribution in [0.1, 0.15) is 63.5 Å². The third kappa shape index (κ3) is 9.18. The molecule has 0 radical (unpaired) electrons. The molecule has 160 valence electrons. The fraction of sp³-hybridized carbons (Fsp3) is 0.500. The van der Waals surface area contributed by atoms with Crippen molar-refractivity contribution >= 4 is 17.6 Å². The van der Waals surface area contributed by atoms with Gasteiger partial charge in [-0.05, 0) is 26.0 Å². The van der Waals surface area contributed by atoms with E-state index in [-0.39, 0.29) is 61.7 Å². The van der Waals surface area contributed by atoms with E-state index in [9.17, 15) is 9.59 Å². The van der Waals surface area contributed by atoms with Gasteiger partial charge in [0.15, 0.2) is 0 Å². The Balaban J connectivity index is 0. The molecule has 1 aromatic carbocycles. The fourth-order valence-electron chi connectivity index (χ4n) is 2.51. The number of rotatable bonds is 6. The van der Waals surface area contributed by atoms with Crippen LogP contribution in [0.3, 0.4) is 0 Å². The van der Waals surface area contributed by atoms with Gasteiger partial charge in [-0.15, -0.1) is 0 Å². The van der Waals surface area contributed by atoms with E-state index < -0.39 is 0 Å². The topological polar surface area (TPSA) is 72.6 Å². The Morgan fingerprint density at radius 2 is 1.62 bits per heavy atom. The Labute approximate surface area is 198 Å². The summed E-state index contributed by atoms with van der Waals surface area (Å²) in [6, 6.07) is 9.35. The number of esters is 1. The molecule has 2 rings (SSSR count). The van der Waals surface area contributed by atoms with Crippen molar-refractivity contribution in [2.75, 3.05) is 19.1 Å². The molecule has 0 saturated carbocycles. The number of carbonyl (C=O) groups excluding carboxylic acids is 2. The molecule has 0 unspecified atom stereocenters. The summed E-state index contributed by atoms with van der Waals surface area (Å²) in [6.07, 6.45) is 0.227.